The highest BCUT2D eigenvalue weighted by atomic mass is 16.7. The van der Waals surface area contributed by atoms with Crippen LogP contribution in [0.25, 0.3) is 0 Å². The summed E-state index contributed by atoms with van der Waals surface area (Å²) in [4.78, 5) is 74.5. The molecular weight excluding hydrogens is 893 g/mol. The van der Waals surface area contributed by atoms with E-state index in [2.05, 4.69) is 13.2 Å². The third-order valence-corrected chi connectivity index (χ3v) is 11.0. The van der Waals surface area contributed by atoms with Crippen LogP contribution in [-0.4, -0.2) is 49.8 Å². The summed E-state index contributed by atoms with van der Waals surface area (Å²) in [5, 5.41) is 0. The summed E-state index contributed by atoms with van der Waals surface area (Å²) in [5.41, 5.74) is 3.35. The summed E-state index contributed by atoms with van der Waals surface area (Å²) in [6.45, 7) is 5.98. The van der Waals surface area contributed by atoms with Gasteiger partial charge in [-0.2, -0.15) is 0 Å². The van der Waals surface area contributed by atoms with Gasteiger partial charge in [0, 0.05) is 28.7 Å². The number of aryl methyl sites for hydroxylation is 2. The summed E-state index contributed by atoms with van der Waals surface area (Å²) in [5.74, 6) is -0.561. The maximum atomic E-state index is 13.3. The predicted octanol–water partition coefficient (Wildman–Crippen LogP) is 9.59. The first kappa shape index (κ1) is 46.4. The molecule has 0 radical (unpaired) electrons. The molecular formula is C53H40O16. The molecule has 2 aliphatic carbocycles. The topological polar surface area (TPSA) is 195 Å². The van der Waals surface area contributed by atoms with Gasteiger partial charge in [0.2, 0.25) is 13.6 Å². The Hall–Kier alpha value is -9.18. The Labute approximate surface area is 394 Å². The first-order valence-corrected chi connectivity index (χ1v) is 21.2. The van der Waals surface area contributed by atoms with E-state index >= 15 is 0 Å². The van der Waals surface area contributed by atoms with E-state index < -0.39 is 41.6 Å². The Kier molecular flexibility index (Phi) is 14.1. The molecule has 0 saturated heterocycles. The van der Waals surface area contributed by atoms with Gasteiger partial charge >= 0.3 is 36.2 Å². The lowest BCUT2D eigenvalue weighted by molar-refractivity contribution is -0.145. The van der Waals surface area contributed by atoms with Crippen LogP contribution in [0.5, 0.6) is 46.0 Å². The van der Waals surface area contributed by atoms with Gasteiger partial charge in [-0.05, 0) is 146 Å². The standard InChI is InChI=1S/C53H40O16/c1-3-45(54)62-31-60-37-15-11-35(12-16-37)49(56)64-39-19-23-41(24-20-39)66-51(58)68-43-9-5-7-33-27-29-53(47(33)43)30-28-34-8-6-10-44(48(34)53)69-52(59)67-42-25-21-40(22-26-42)65-50(57)36-13-17-38(18-14-36)61-32-63-46(55)4-2/h3-26H,1-2,27-32H2. The molecule has 8 rings (SSSR count). The first-order chi connectivity index (χ1) is 33.5. The van der Waals surface area contributed by atoms with Gasteiger partial charge in [-0.25, -0.2) is 28.8 Å². The SMILES string of the molecule is C=CC(=O)OCOc1ccc(C(=O)Oc2ccc(OC(=O)Oc3cccc4c3C3(CC4)CCc4cccc(OC(=O)Oc5ccc(OC(=O)c6ccc(OCOC(=O)C=C)cc6)cc5)c43)cc2)cc1. The van der Waals surface area contributed by atoms with Crippen LogP contribution in [0.1, 0.15) is 55.8 Å². The normalized spacial score (nSPS) is 12.5. The van der Waals surface area contributed by atoms with Crippen molar-refractivity contribution in [2.45, 2.75) is 31.1 Å². The van der Waals surface area contributed by atoms with Crippen molar-refractivity contribution in [3.8, 4) is 46.0 Å². The maximum Gasteiger partial charge on any atom is 0.519 e. The van der Waals surface area contributed by atoms with Crippen molar-refractivity contribution in [2.24, 2.45) is 0 Å². The number of carbonyl (C=O) groups is 6. The summed E-state index contributed by atoms with van der Waals surface area (Å²) >= 11 is 0. The Morgan fingerprint density at radius 2 is 0.783 bits per heavy atom. The molecule has 0 unspecified atom stereocenters. The van der Waals surface area contributed by atoms with Crippen LogP contribution in [0.2, 0.25) is 0 Å². The van der Waals surface area contributed by atoms with Crippen LogP contribution in [0.15, 0.2) is 159 Å². The fourth-order valence-electron chi connectivity index (χ4n) is 7.97. The van der Waals surface area contributed by atoms with Crippen molar-refractivity contribution in [1.82, 2.24) is 0 Å². The molecule has 1 spiro atoms. The largest absolute Gasteiger partial charge is 0.519 e. The number of esters is 4. The average Bonchev–Trinajstić information content (AvgIpc) is 3.94. The number of benzene rings is 6. The predicted molar refractivity (Wildman–Crippen MR) is 243 cm³/mol. The summed E-state index contributed by atoms with van der Waals surface area (Å²) < 4.78 is 53.9. The number of hydrogen-bond donors (Lipinski definition) is 0. The van der Waals surface area contributed by atoms with E-state index in [9.17, 15) is 28.8 Å². The molecule has 69 heavy (non-hydrogen) atoms. The van der Waals surface area contributed by atoms with Crippen molar-refractivity contribution in [2.75, 3.05) is 13.6 Å². The van der Waals surface area contributed by atoms with E-state index in [1.807, 2.05) is 12.1 Å². The van der Waals surface area contributed by atoms with Gasteiger partial charge in [0.25, 0.3) is 0 Å². The van der Waals surface area contributed by atoms with Crippen molar-refractivity contribution in [3.05, 3.63) is 192 Å². The molecule has 16 heteroatoms. The Morgan fingerprint density at radius 1 is 0.435 bits per heavy atom. The highest BCUT2D eigenvalue weighted by Crippen LogP contribution is 2.57. The van der Waals surface area contributed by atoms with E-state index in [1.54, 1.807) is 24.3 Å². The lowest BCUT2D eigenvalue weighted by Gasteiger charge is -2.29. The third kappa shape index (κ3) is 11.1. The zero-order valence-corrected chi connectivity index (χ0v) is 36.5. The molecule has 0 heterocycles. The van der Waals surface area contributed by atoms with Gasteiger partial charge in [-0.3, -0.25) is 0 Å². The van der Waals surface area contributed by atoms with Gasteiger partial charge in [0.05, 0.1) is 11.1 Å². The number of fused-ring (bicyclic) bond motifs is 4. The second kappa shape index (κ2) is 21.0. The zero-order chi connectivity index (χ0) is 48.3. The van der Waals surface area contributed by atoms with Crippen LogP contribution in [0.4, 0.5) is 9.59 Å². The van der Waals surface area contributed by atoms with Gasteiger partial charge in [-0.1, -0.05) is 37.4 Å². The van der Waals surface area contributed by atoms with Gasteiger partial charge < -0.3 is 47.4 Å². The number of hydrogen-bond acceptors (Lipinski definition) is 16. The van der Waals surface area contributed by atoms with Crippen LogP contribution in [0.3, 0.4) is 0 Å². The molecule has 0 fully saturated rings. The quantitative estimate of drug-likeness (QED) is 0.0292. The van der Waals surface area contributed by atoms with Gasteiger partial charge in [-0.15, -0.1) is 0 Å². The Bertz CT molecular complexity index is 2720. The minimum absolute atomic E-state index is 0.137. The fourth-order valence-corrected chi connectivity index (χ4v) is 7.97. The average molecular weight is 933 g/mol. The minimum atomic E-state index is -0.991. The second-order valence-corrected chi connectivity index (χ2v) is 15.2. The molecule has 0 aromatic heterocycles. The van der Waals surface area contributed by atoms with E-state index in [0.717, 1.165) is 34.4 Å². The Morgan fingerprint density at radius 3 is 1.14 bits per heavy atom. The molecule has 0 atom stereocenters. The van der Waals surface area contributed by atoms with Gasteiger partial charge in [0.15, 0.2) is 0 Å². The van der Waals surface area contributed by atoms with Crippen LogP contribution < -0.4 is 37.9 Å². The van der Waals surface area contributed by atoms with Crippen molar-refractivity contribution in [3.63, 3.8) is 0 Å². The van der Waals surface area contributed by atoms with Crippen LogP contribution in [0, 0.1) is 0 Å². The summed E-state index contributed by atoms with van der Waals surface area (Å²) in [6.07, 6.45) is 2.73. The molecule has 0 N–H and O–H groups in total. The zero-order valence-electron chi connectivity index (χ0n) is 36.5. The highest BCUT2D eigenvalue weighted by Gasteiger charge is 2.49. The maximum absolute atomic E-state index is 13.3. The first-order valence-electron chi connectivity index (χ1n) is 21.2. The van der Waals surface area contributed by atoms with E-state index in [4.69, 9.17) is 47.4 Å². The summed E-state index contributed by atoms with van der Waals surface area (Å²) in [6, 6.07) is 34.7. The van der Waals surface area contributed by atoms with Gasteiger partial charge in [0.1, 0.15) is 46.0 Å². The second-order valence-electron chi connectivity index (χ2n) is 15.2. The molecule has 6 aromatic rings. The minimum Gasteiger partial charge on any atom is -0.457 e. The van der Waals surface area contributed by atoms with E-state index in [1.165, 1.54) is 97.1 Å². The molecule has 0 amide bonds. The molecule has 0 aliphatic heterocycles. The molecule has 2 aliphatic rings. The van der Waals surface area contributed by atoms with Crippen molar-refractivity contribution < 1.29 is 76.1 Å². The monoisotopic (exact) mass is 932 g/mol. The van der Waals surface area contributed by atoms with Crippen LogP contribution in [-0.2, 0) is 37.3 Å². The van der Waals surface area contributed by atoms with E-state index in [-0.39, 0.29) is 47.7 Å². The summed E-state index contributed by atoms with van der Waals surface area (Å²) in [7, 11) is 0. The van der Waals surface area contributed by atoms with Crippen molar-refractivity contribution in [1.29, 1.82) is 0 Å². The van der Waals surface area contributed by atoms with E-state index in [0.29, 0.717) is 48.7 Å². The number of ether oxygens (including phenoxy) is 10. The lowest BCUT2D eigenvalue weighted by Crippen LogP contribution is -2.25. The molecule has 348 valence electrons. The number of carbonyl (C=O) groups excluding carboxylic acids is 6. The van der Waals surface area contributed by atoms with Crippen molar-refractivity contribution >= 4 is 36.2 Å². The smallest absolute Gasteiger partial charge is 0.457 e. The third-order valence-electron chi connectivity index (χ3n) is 11.0. The fraction of sp³-hybridized carbons (Fsp3) is 0.132. The molecule has 6 aromatic carbocycles. The van der Waals surface area contributed by atoms with Crippen LogP contribution >= 0.6 is 0 Å². The lowest BCUT2D eigenvalue weighted by atomic mass is 9.76. The number of rotatable bonds is 16. The Balaban J connectivity index is 0.867. The highest BCUT2D eigenvalue weighted by molar-refractivity contribution is 5.92. The molecule has 16 nitrogen and oxygen atoms in total. The molecule has 0 bridgehead atoms. The molecule has 0 saturated carbocycles.